The second-order valence-electron chi connectivity index (χ2n) is 9.80. The standard InChI is InChI=1S/C26H27FN6O3/c1-35-21-5-4-18-22(32-21)16(17(27)13-29-18)6-7-26-10-8-25(9-11-26,15-36-26)30-14-20-24(34)33-23-19(31-20)3-2-12-28-23/h2-5,12-13,30H,6-11,14-15H2,1H3,(H,28,33,34). The molecule has 9 nitrogen and oxygen atoms in total. The molecule has 4 aromatic heterocycles. The molecule has 36 heavy (non-hydrogen) atoms. The van der Waals surface area contributed by atoms with Crippen molar-refractivity contribution in [1.29, 1.82) is 0 Å². The van der Waals surface area contributed by atoms with E-state index in [0.29, 0.717) is 65.3 Å². The van der Waals surface area contributed by atoms with E-state index in [0.717, 1.165) is 25.7 Å². The van der Waals surface area contributed by atoms with Gasteiger partial charge in [0.1, 0.15) is 17.0 Å². The summed E-state index contributed by atoms with van der Waals surface area (Å²) < 4.78 is 26.4. The van der Waals surface area contributed by atoms with Crippen molar-refractivity contribution in [2.24, 2.45) is 0 Å². The van der Waals surface area contributed by atoms with Crippen LogP contribution in [0.3, 0.4) is 0 Å². The molecule has 0 atom stereocenters. The van der Waals surface area contributed by atoms with Gasteiger partial charge in [0, 0.05) is 29.9 Å². The summed E-state index contributed by atoms with van der Waals surface area (Å²) in [6, 6.07) is 7.16. The number of fused-ring (bicyclic) bond motifs is 5. The summed E-state index contributed by atoms with van der Waals surface area (Å²) in [5.41, 5.74) is 2.62. The summed E-state index contributed by atoms with van der Waals surface area (Å²) >= 11 is 0. The van der Waals surface area contributed by atoms with Crippen LogP contribution in [0.25, 0.3) is 22.2 Å². The minimum atomic E-state index is -0.356. The molecule has 2 aliphatic heterocycles. The molecule has 186 valence electrons. The molecule has 0 unspecified atom stereocenters. The van der Waals surface area contributed by atoms with Crippen LogP contribution < -0.4 is 15.6 Å². The average Bonchev–Trinajstić information content (AvgIpc) is 2.92. The lowest BCUT2D eigenvalue weighted by atomic mass is 9.69. The zero-order chi connectivity index (χ0) is 24.8. The Morgan fingerprint density at radius 3 is 2.78 bits per heavy atom. The van der Waals surface area contributed by atoms with Crippen molar-refractivity contribution >= 4 is 22.2 Å². The number of pyridine rings is 3. The molecule has 4 aromatic rings. The van der Waals surface area contributed by atoms with Crippen LogP contribution in [0, 0.1) is 5.82 Å². The van der Waals surface area contributed by atoms with E-state index in [1.807, 2.05) is 6.07 Å². The number of aromatic nitrogens is 5. The second kappa shape index (κ2) is 8.86. The van der Waals surface area contributed by atoms with Gasteiger partial charge >= 0.3 is 0 Å². The van der Waals surface area contributed by atoms with Gasteiger partial charge in [-0.05, 0) is 56.7 Å². The van der Waals surface area contributed by atoms with Gasteiger partial charge in [-0.15, -0.1) is 0 Å². The molecule has 1 aliphatic carbocycles. The van der Waals surface area contributed by atoms with Crippen molar-refractivity contribution in [3.05, 3.63) is 64.1 Å². The van der Waals surface area contributed by atoms with Crippen LogP contribution in [0.1, 0.15) is 43.4 Å². The van der Waals surface area contributed by atoms with Crippen molar-refractivity contribution < 1.29 is 13.9 Å². The average molecular weight is 491 g/mol. The minimum Gasteiger partial charge on any atom is -0.481 e. The predicted molar refractivity (Wildman–Crippen MR) is 131 cm³/mol. The van der Waals surface area contributed by atoms with Gasteiger partial charge in [-0.25, -0.2) is 19.3 Å². The number of rotatable bonds is 7. The minimum absolute atomic E-state index is 0.191. The molecule has 1 saturated carbocycles. The largest absolute Gasteiger partial charge is 0.481 e. The molecular weight excluding hydrogens is 463 g/mol. The first-order valence-electron chi connectivity index (χ1n) is 12.2. The maximum Gasteiger partial charge on any atom is 0.272 e. The van der Waals surface area contributed by atoms with Crippen LogP contribution in [-0.4, -0.2) is 49.8 Å². The molecule has 0 aromatic carbocycles. The van der Waals surface area contributed by atoms with E-state index in [4.69, 9.17) is 9.47 Å². The molecule has 6 heterocycles. The summed E-state index contributed by atoms with van der Waals surface area (Å²) in [6.45, 7) is 0.907. The first-order chi connectivity index (χ1) is 17.5. The third-order valence-electron chi connectivity index (χ3n) is 7.72. The molecule has 2 bridgehead atoms. The van der Waals surface area contributed by atoms with Crippen molar-refractivity contribution in [3.8, 4) is 5.88 Å². The van der Waals surface area contributed by atoms with Gasteiger partial charge < -0.3 is 19.8 Å². The normalized spacial score (nSPS) is 23.4. The molecular formula is C26H27FN6O3. The first kappa shape index (κ1) is 22.9. The Balaban J connectivity index is 1.13. The number of H-pyrrole nitrogens is 1. The number of hydrogen-bond donors (Lipinski definition) is 2. The van der Waals surface area contributed by atoms with Gasteiger partial charge in [0.15, 0.2) is 5.65 Å². The van der Waals surface area contributed by atoms with Gasteiger partial charge in [-0.3, -0.25) is 9.78 Å². The van der Waals surface area contributed by atoms with Crippen LogP contribution in [-0.2, 0) is 17.7 Å². The maximum atomic E-state index is 14.8. The Hall–Kier alpha value is -3.50. The molecule has 2 N–H and O–H groups in total. The van der Waals surface area contributed by atoms with Gasteiger partial charge in [0.2, 0.25) is 5.88 Å². The molecule has 0 spiro atoms. The van der Waals surface area contributed by atoms with E-state index >= 15 is 0 Å². The Morgan fingerprint density at radius 2 is 2.00 bits per heavy atom. The Kier molecular flexibility index (Phi) is 5.65. The zero-order valence-corrected chi connectivity index (χ0v) is 20.0. The molecule has 0 radical (unpaired) electrons. The fourth-order valence-corrected chi connectivity index (χ4v) is 5.45. The van der Waals surface area contributed by atoms with Crippen molar-refractivity contribution in [2.45, 2.75) is 56.2 Å². The summed E-state index contributed by atoms with van der Waals surface area (Å²) in [5, 5.41) is 3.56. The molecule has 7 rings (SSSR count). The number of aryl methyl sites for hydroxylation is 1. The van der Waals surface area contributed by atoms with Gasteiger partial charge in [0.05, 0.1) is 36.5 Å². The monoisotopic (exact) mass is 490 g/mol. The molecule has 10 heteroatoms. The van der Waals surface area contributed by atoms with E-state index in [-0.39, 0.29) is 22.5 Å². The van der Waals surface area contributed by atoms with E-state index in [9.17, 15) is 9.18 Å². The summed E-state index contributed by atoms with van der Waals surface area (Å²) in [6.07, 6.45) is 7.69. The Morgan fingerprint density at radius 1 is 1.14 bits per heavy atom. The topological polar surface area (TPSA) is 115 Å². The van der Waals surface area contributed by atoms with E-state index in [1.54, 1.807) is 31.5 Å². The summed E-state index contributed by atoms with van der Waals surface area (Å²) in [5.74, 6) is 0.0818. The fraction of sp³-hybridized carbons (Fsp3) is 0.423. The fourth-order valence-electron chi connectivity index (χ4n) is 5.45. The van der Waals surface area contributed by atoms with Gasteiger partial charge in [-0.1, -0.05) is 0 Å². The van der Waals surface area contributed by atoms with Crippen LogP contribution in [0.5, 0.6) is 5.88 Å². The molecule has 0 amide bonds. The quantitative estimate of drug-likeness (QED) is 0.406. The lowest BCUT2D eigenvalue weighted by molar-refractivity contribution is -0.165. The lowest BCUT2D eigenvalue weighted by Crippen LogP contribution is -2.61. The van der Waals surface area contributed by atoms with E-state index in [1.165, 1.54) is 6.20 Å². The highest BCUT2D eigenvalue weighted by atomic mass is 19.1. The van der Waals surface area contributed by atoms with Gasteiger partial charge in [0.25, 0.3) is 5.56 Å². The number of ether oxygens (including phenoxy) is 2. The third-order valence-corrected chi connectivity index (χ3v) is 7.72. The zero-order valence-electron chi connectivity index (χ0n) is 20.0. The highest BCUT2D eigenvalue weighted by Crippen LogP contribution is 2.46. The summed E-state index contributed by atoms with van der Waals surface area (Å²) in [4.78, 5) is 32.5. The highest BCUT2D eigenvalue weighted by molar-refractivity contribution is 5.78. The Labute approximate surface area is 206 Å². The predicted octanol–water partition coefficient (Wildman–Crippen LogP) is 3.21. The number of aromatic amines is 1. The number of methoxy groups -OCH3 is 1. The smallest absolute Gasteiger partial charge is 0.272 e. The van der Waals surface area contributed by atoms with Crippen LogP contribution in [0.4, 0.5) is 4.39 Å². The number of hydrogen-bond acceptors (Lipinski definition) is 8. The van der Waals surface area contributed by atoms with E-state index in [2.05, 4.69) is 30.2 Å². The van der Waals surface area contributed by atoms with E-state index < -0.39 is 0 Å². The number of nitrogens with zero attached hydrogens (tertiary/aromatic N) is 4. The second-order valence-corrected chi connectivity index (χ2v) is 9.80. The highest BCUT2D eigenvalue weighted by Gasteiger charge is 2.49. The third kappa shape index (κ3) is 4.10. The Bertz CT molecular complexity index is 1480. The molecule has 3 fully saturated rings. The first-order valence-corrected chi connectivity index (χ1v) is 12.2. The lowest BCUT2D eigenvalue weighted by Gasteiger charge is -2.53. The van der Waals surface area contributed by atoms with Crippen molar-refractivity contribution in [1.82, 2.24) is 30.2 Å². The maximum absolute atomic E-state index is 14.8. The van der Waals surface area contributed by atoms with Crippen molar-refractivity contribution in [3.63, 3.8) is 0 Å². The van der Waals surface area contributed by atoms with Crippen molar-refractivity contribution in [2.75, 3.05) is 13.7 Å². The number of halogens is 1. The molecule has 2 saturated heterocycles. The van der Waals surface area contributed by atoms with Crippen LogP contribution >= 0.6 is 0 Å². The molecule has 3 aliphatic rings. The summed E-state index contributed by atoms with van der Waals surface area (Å²) in [7, 11) is 1.54. The van der Waals surface area contributed by atoms with Crippen LogP contribution in [0.15, 0.2) is 41.5 Å². The van der Waals surface area contributed by atoms with Gasteiger partial charge in [-0.2, -0.15) is 0 Å². The number of nitrogens with one attached hydrogen (secondary N) is 2. The van der Waals surface area contributed by atoms with Crippen LogP contribution in [0.2, 0.25) is 0 Å². The SMILES string of the molecule is COc1ccc2ncc(F)c(CCC34CCC(NCc5nc6cccnc6[nH]c5=O)(CC3)CO4)c2n1.